The summed E-state index contributed by atoms with van der Waals surface area (Å²) in [7, 11) is 0. The van der Waals surface area contributed by atoms with Crippen LogP contribution in [0.25, 0.3) is 0 Å². The number of nitrogens with one attached hydrogen (secondary N) is 1. The maximum atomic E-state index is 11.9. The van der Waals surface area contributed by atoms with Crippen molar-refractivity contribution in [3.05, 3.63) is 0 Å². The van der Waals surface area contributed by atoms with Gasteiger partial charge < -0.3 is 4.90 Å². The lowest BCUT2D eigenvalue weighted by Gasteiger charge is -2.17. The van der Waals surface area contributed by atoms with Gasteiger partial charge in [-0.05, 0) is 24.7 Å². The first-order valence-corrected chi connectivity index (χ1v) is 5.11. The molecule has 1 heterocycles. The average molecular weight is 180 g/mol. The van der Waals surface area contributed by atoms with Crippen molar-refractivity contribution in [2.75, 3.05) is 6.67 Å². The minimum atomic E-state index is -0.0985. The first-order valence-electron chi connectivity index (χ1n) is 5.11. The fourth-order valence-corrected chi connectivity index (χ4v) is 2.40. The molecule has 3 nitrogen and oxygen atoms in total. The molecule has 0 aromatic carbocycles. The lowest BCUT2D eigenvalue weighted by molar-refractivity contribution is -0.130. The molecule has 3 aliphatic rings. The van der Waals surface area contributed by atoms with Crippen molar-refractivity contribution in [1.82, 2.24) is 10.2 Å². The second-order valence-corrected chi connectivity index (χ2v) is 5.40. The molecule has 0 aromatic heterocycles. The summed E-state index contributed by atoms with van der Waals surface area (Å²) >= 11 is 0. The SMILES string of the molecule is CC1(C)CC1N1CNC2(CC2)C1=O. The number of carbonyl (C=O) groups excluding carboxylic acids is 1. The number of hydrogen-bond acceptors (Lipinski definition) is 2. The molecular formula is C10H16N2O. The van der Waals surface area contributed by atoms with Crippen LogP contribution in [0.1, 0.15) is 33.1 Å². The van der Waals surface area contributed by atoms with Crippen molar-refractivity contribution in [1.29, 1.82) is 0 Å². The molecule has 3 fully saturated rings. The van der Waals surface area contributed by atoms with E-state index in [1.807, 2.05) is 4.90 Å². The molecule has 1 amide bonds. The first-order chi connectivity index (χ1) is 6.05. The summed E-state index contributed by atoms with van der Waals surface area (Å²) in [5.41, 5.74) is 0.274. The van der Waals surface area contributed by atoms with Crippen molar-refractivity contribution in [2.24, 2.45) is 5.41 Å². The summed E-state index contributed by atoms with van der Waals surface area (Å²) in [5.74, 6) is 0.364. The molecule has 1 spiro atoms. The summed E-state index contributed by atoms with van der Waals surface area (Å²) in [6.07, 6.45) is 3.28. The molecule has 2 aliphatic carbocycles. The highest BCUT2D eigenvalue weighted by Gasteiger charge is 2.61. The predicted octanol–water partition coefficient (Wildman–Crippen LogP) is 0.707. The zero-order valence-electron chi connectivity index (χ0n) is 8.26. The molecule has 0 radical (unpaired) electrons. The standard InChI is InChI=1S/C10H16N2O/c1-9(2)5-7(9)12-6-11-10(3-4-10)8(12)13/h7,11H,3-6H2,1-2H3. The van der Waals surface area contributed by atoms with Gasteiger partial charge in [0.1, 0.15) is 0 Å². The highest BCUT2D eigenvalue weighted by atomic mass is 16.2. The summed E-state index contributed by atoms with van der Waals surface area (Å²) in [6.45, 7) is 5.26. The number of nitrogens with zero attached hydrogens (tertiary/aromatic N) is 1. The molecular weight excluding hydrogens is 164 g/mol. The molecule has 1 saturated heterocycles. The van der Waals surface area contributed by atoms with Gasteiger partial charge in [-0.25, -0.2) is 0 Å². The van der Waals surface area contributed by atoms with Crippen LogP contribution in [0, 0.1) is 5.41 Å². The molecule has 1 unspecified atom stereocenters. The summed E-state index contributed by atoms with van der Waals surface area (Å²) < 4.78 is 0. The van der Waals surface area contributed by atoms with Crippen molar-refractivity contribution in [3.63, 3.8) is 0 Å². The van der Waals surface area contributed by atoms with Gasteiger partial charge >= 0.3 is 0 Å². The lowest BCUT2D eigenvalue weighted by Crippen LogP contribution is -2.34. The third kappa shape index (κ3) is 0.909. The van der Waals surface area contributed by atoms with Gasteiger partial charge in [0.25, 0.3) is 0 Å². The molecule has 3 rings (SSSR count). The van der Waals surface area contributed by atoms with Crippen molar-refractivity contribution in [3.8, 4) is 0 Å². The highest BCUT2D eigenvalue weighted by molar-refractivity contribution is 5.91. The fourth-order valence-electron chi connectivity index (χ4n) is 2.40. The van der Waals surface area contributed by atoms with E-state index in [0.717, 1.165) is 19.5 Å². The summed E-state index contributed by atoms with van der Waals surface area (Å²) in [5, 5.41) is 3.34. The van der Waals surface area contributed by atoms with Gasteiger partial charge in [0.2, 0.25) is 5.91 Å². The Morgan fingerprint density at radius 1 is 1.46 bits per heavy atom. The second-order valence-electron chi connectivity index (χ2n) is 5.40. The maximum absolute atomic E-state index is 11.9. The number of amides is 1. The Morgan fingerprint density at radius 2 is 2.08 bits per heavy atom. The third-order valence-corrected chi connectivity index (χ3v) is 3.85. The van der Waals surface area contributed by atoms with Crippen LogP contribution in [0.2, 0.25) is 0 Å². The minimum absolute atomic E-state index is 0.0985. The predicted molar refractivity (Wildman–Crippen MR) is 49.0 cm³/mol. The van der Waals surface area contributed by atoms with E-state index >= 15 is 0 Å². The molecule has 72 valence electrons. The van der Waals surface area contributed by atoms with E-state index in [0.29, 0.717) is 17.4 Å². The molecule has 13 heavy (non-hydrogen) atoms. The Morgan fingerprint density at radius 3 is 2.46 bits per heavy atom. The zero-order chi connectivity index (χ0) is 9.27. The van der Waals surface area contributed by atoms with Gasteiger partial charge in [-0.3, -0.25) is 10.1 Å². The Bertz CT molecular complexity index is 281. The lowest BCUT2D eigenvalue weighted by atomic mass is 10.2. The van der Waals surface area contributed by atoms with E-state index < -0.39 is 0 Å². The van der Waals surface area contributed by atoms with Gasteiger partial charge in [-0.2, -0.15) is 0 Å². The van der Waals surface area contributed by atoms with E-state index in [1.54, 1.807) is 0 Å². The van der Waals surface area contributed by atoms with Crippen molar-refractivity contribution < 1.29 is 4.79 Å². The highest BCUT2D eigenvalue weighted by Crippen LogP contribution is 2.52. The van der Waals surface area contributed by atoms with Crippen LogP contribution in [0.4, 0.5) is 0 Å². The van der Waals surface area contributed by atoms with Gasteiger partial charge in [-0.15, -0.1) is 0 Å². The number of hydrogen-bond donors (Lipinski definition) is 1. The van der Waals surface area contributed by atoms with Gasteiger partial charge in [0.15, 0.2) is 0 Å². The largest absolute Gasteiger partial charge is 0.325 e. The normalized spacial score (nSPS) is 38.5. The first kappa shape index (κ1) is 7.80. The van der Waals surface area contributed by atoms with E-state index in [4.69, 9.17) is 0 Å². The van der Waals surface area contributed by atoms with Crippen molar-refractivity contribution in [2.45, 2.75) is 44.7 Å². The summed E-state index contributed by atoms with van der Waals surface area (Å²) in [6, 6.07) is 0.507. The Balaban J connectivity index is 1.78. The summed E-state index contributed by atoms with van der Waals surface area (Å²) in [4.78, 5) is 14.0. The maximum Gasteiger partial charge on any atom is 0.244 e. The molecule has 1 aliphatic heterocycles. The van der Waals surface area contributed by atoms with E-state index in [9.17, 15) is 4.79 Å². The Hall–Kier alpha value is -0.570. The minimum Gasteiger partial charge on any atom is -0.325 e. The quantitative estimate of drug-likeness (QED) is 0.644. The van der Waals surface area contributed by atoms with E-state index in [1.165, 1.54) is 6.42 Å². The average Bonchev–Trinajstić information content (AvgIpc) is 2.89. The zero-order valence-corrected chi connectivity index (χ0v) is 8.26. The fraction of sp³-hybridized carbons (Fsp3) is 0.900. The van der Waals surface area contributed by atoms with Gasteiger partial charge in [-0.1, -0.05) is 13.8 Å². The Kier molecular flexibility index (Phi) is 1.15. The number of carbonyl (C=O) groups is 1. The second kappa shape index (κ2) is 1.92. The van der Waals surface area contributed by atoms with Crippen molar-refractivity contribution >= 4 is 5.91 Å². The van der Waals surface area contributed by atoms with Gasteiger partial charge in [0, 0.05) is 6.04 Å². The van der Waals surface area contributed by atoms with Crippen LogP contribution in [-0.4, -0.2) is 29.1 Å². The van der Waals surface area contributed by atoms with Crippen LogP contribution in [0.3, 0.4) is 0 Å². The van der Waals surface area contributed by atoms with Crippen LogP contribution in [0.15, 0.2) is 0 Å². The Labute approximate surface area is 78.5 Å². The topological polar surface area (TPSA) is 32.3 Å². The van der Waals surface area contributed by atoms with E-state index in [2.05, 4.69) is 19.2 Å². The monoisotopic (exact) mass is 180 g/mol. The third-order valence-electron chi connectivity index (χ3n) is 3.85. The molecule has 0 bridgehead atoms. The molecule has 3 heteroatoms. The molecule has 1 N–H and O–H groups in total. The number of rotatable bonds is 1. The van der Waals surface area contributed by atoms with Crippen LogP contribution >= 0.6 is 0 Å². The van der Waals surface area contributed by atoms with Crippen LogP contribution in [-0.2, 0) is 4.79 Å². The molecule has 1 atom stereocenters. The molecule has 2 saturated carbocycles. The van der Waals surface area contributed by atoms with E-state index in [-0.39, 0.29) is 5.54 Å². The van der Waals surface area contributed by atoms with Crippen LogP contribution < -0.4 is 5.32 Å². The molecule has 0 aromatic rings. The smallest absolute Gasteiger partial charge is 0.244 e. The van der Waals surface area contributed by atoms with Gasteiger partial charge in [0.05, 0.1) is 12.2 Å². The van der Waals surface area contributed by atoms with Crippen LogP contribution in [0.5, 0.6) is 0 Å².